The molecule has 1 aliphatic rings. The highest BCUT2D eigenvalue weighted by Crippen LogP contribution is 2.32. The maximum Gasteiger partial charge on any atom is 0.175 e. The monoisotopic (exact) mass is 190 g/mol. The van der Waals surface area contributed by atoms with Gasteiger partial charge in [-0.05, 0) is 18.6 Å². The van der Waals surface area contributed by atoms with E-state index >= 15 is 0 Å². The molecule has 0 N–H and O–H groups in total. The maximum atomic E-state index is 11.5. The fraction of sp³-hybridized carbons (Fsp3) is 0.273. The van der Waals surface area contributed by atoms with Crippen molar-refractivity contribution in [1.29, 1.82) is 0 Å². The highest BCUT2D eigenvalue weighted by atomic mass is 16.5. The number of benzene rings is 1. The minimum atomic E-state index is -0.134. The van der Waals surface area contributed by atoms with Gasteiger partial charge in [-0.3, -0.25) is 9.59 Å². The third kappa shape index (κ3) is 1.05. The second-order valence-corrected chi connectivity index (χ2v) is 3.36. The topological polar surface area (TPSA) is 43.4 Å². The van der Waals surface area contributed by atoms with Crippen LogP contribution in [0.5, 0.6) is 5.75 Å². The largest absolute Gasteiger partial charge is 0.496 e. The van der Waals surface area contributed by atoms with Crippen molar-refractivity contribution in [3.63, 3.8) is 0 Å². The normalized spacial score (nSPS) is 14.4. The Balaban J connectivity index is 2.76. The standard InChI is InChI=1S/C11H10O3/c1-6-3-4-9(14-2)11-8(13)5-7(12)10(6)11/h3-4H,5H2,1-2H3. The fourth-order valence-corrected chi connectivity index (χ4v) is 1.82. The van der Waals surface area contributed by atoms with Gasteiger partial charge >= 0.3 is 0 Å². The Kier molecular flexibility index (Phi) is 1.88. The number of hydrogen-bond donors (Lipinski definition) is 0. The van der Waals surface area contributed by atoms with Crippen molar-refractivity contribution in [3.05, 3.63) is 28.8 Å². The third-order valence-electron chi connectivity index (χ3n) is 2.47. The molecule has 2 rings (SSSR count). The van der Waals surface area contributed by atoms with Gasteiger partial charge in [-0.25, -0.2) is 0 Å². The van der Waals surface area contributed by atoms with Crippen LogP contribution in [0.2, 0.25) is 0 Å². The molecule has 0 spiro atoms. The number of Topliss-reactive ketones (excluding diaryl/α,β-unsaturated/α-hetero) is 2. The molecule has 0 fully saturated rings. The van der Waals surface area contributed by atoms with Gasteiger partial charge in [0.05, 0.1) is 19.1 Å². The third-order valence-corrected chi connectivity index (χ3v) is 2.47. The highest BCUT2D eigenvalue weighted by molar-refractivity contribution is 6.26. The Morgan fingerprint density at radius 3 is 2.43 bits per heavy atom. The summed E-state index contributed by atoms with van der Waals surface area (Å²) in [4.78, 5) is 23.0. The van der Waals surface area contributed by atoms with Crippen molar-refractivity contribution in [3.8, 4) is 5.75 Å². The number of ketones is 2. The van der Waals surface area contributed by atoms with Crippen molar-refractivity contribution >= 4 is 11.6 Å². The van der Waals surface area contributed by atoms with Crippen LogP contribution in [-0.2, 0) is 0 Å². The van der Waals surface area contributed by atoms with E-state index in [-0.39, 0.29) is 18.0 Å². The van der Waals surface area contributed by atoms with Gasteiger partial charge in [-0.2, -0.15) is 0 Å². The average Bonchev–Trinajstić information content (AvgIpc) is 2.44. The maximum absolute atomic E-state index is 11.5. The summed E-state index contributed by atoms with van der Waals surface area (Å²) in [5, 5.41) is 0. The Morgan fingerprint density at radius 2 is 1.79 bits per heavy atom. The summed E-state index contributed by atoms with van der Waals surface area (Å²) in [6.07, 6.45) is -0.0173. The molecule has 0 heterocycles. The van der Waals surface area contributed by atoms with Crippen molar-refractivity contribution in [1.82, 2.24) is 0 Å². The Hall–Kier alpha value is -1.64. The van der Waals surface area contributed by atoms with Gasteiger partial charge in [0.25, 0.3) is 0 Å². The van der Waals surface area contributed by atoms with Crippen LogP contribution in [0.15, 0.2) is 12.1 Å². The van der Waals surface area contributed by atoms with Crippen LogP contribution in [0.25, 0.3) is 0 Å². The van der Waals surface area contributed by atoms with Gasteiger partial charge in [-0.1, -0.05) is 6.07 Å². The average molecular weight is 190 g/mol. The molecule has 0 atom stereocenters. The highest BCUT2D eigenvalue weighted by Gasteiger charge is 2.31. The van der Waals surface area contributed by atoms with Crippen molar-refractivity contribution in [2.45, 2.75) is 13.3 Å². The first-order valence-corrected chi connectivity index (χ1v) is 4.39. The Bertz CT molecular complexity index is 432. The molecule has 1 aliphatic carbocycles. The van der Waals surface area contributed by atoms with Crippen LogP contribution in [0.3, 0.4) is 0 Å². The molecular weight excluding hydrogens is 180 g/mol. The lowest BCUT2D eigenvalue weighted by Crippen LogP contribution is -1.98. The molecule has 1 aromatic rings. The summed E-state index contributed by atoms with van der Waals surface area (Å²) >= 11 is 0. The first-order valence-electron chi connectivity index (χ1n) is 4.39. The molecule has 0 saturated heterocycles. The first-order chi connectivity index (χ1) is 6.65. The molecule has 0 unspecified atom stereocenters. The van der Waals surface area contributed by atoms with Gasteiger partial charge in [-0.15, -0.1) is 0 Å². The van der Waals surface area contributed by atoms with Crippen LogP contribution in [0.1, 0.15) is 32.7 Å². The number of carbonyl (C=O) groups excluding carboxylic acids is 2. The van der Waals surface area contributed by atoms with Crippen LogP contribution >= 0.6 is 0 Å². The SMILES string of the molecule is COc1ccc(C)c2c1C(=O)CC2=O. The molecule has 0 bridgehead atoms. The lowest BCUT2D eigenvalue weighted by atomic mass is 10.0. The molecule has 14 heavy (non-hydrogen) atoms. The summed E-state index contributed by atoms with van der Waals surface area (Å²) in [5.74, 6) is 0.272. The van der Waals surface area contributed by atoms with E-state index < -0.39 is 0 Å². The summed E-state index contributed by atoms with van der Waals surface area (Å²) in [7, 11) is 1.50. The van der Waals surface area contributed by atoms with Gasteiger partial charge < -0.3 is 4.74 Å². The summed E-state index contributed by atoms with van der Waals surface area (Å²) in [6.45, 7) is 1.83. The number of methoxy groups -OCH3 is 1. The summed E-state index contributed by atoms with van der Waals surface area (Å²) < 4.78 is 5.06. The van der Waals surface area contributed by atoms with Crippen LogP contribution in [0, 0.1) is 6.92 Å². The fourth-order valence-electron chi connectivity index (χ4n) is 1.82. The Morgan fingerprint density at radius 1 is 1.14 bits per heavy atom. The molecule has 0 aliphatic heterocycles. The number of hydrogen-bond acceptors (Lipinski definition) is 3. The first kappa shape index (κ1) is 8.94. The molecule has 3 heteroatoms. The second-order valence-electron chi connectivity index (χ2n) is 3.36. The van der Waals surface area contributed by atoms with E-state index in [9.17, 15) is 9.59 Å². The van der Waals surface area contributed by atoms with E-state index in [1.807, 2.05) is 6.92 Å². The molecule has 0 amide bonds. The molecule has 1 aromatic carbocycles. The predicted molar refractivity (Wildman–Crippen MR) is 51.0 cm³/mol. The lowest BCUT2D eigenvalue weighted by molar-refractivity contribution is 0.0922. The number of fused-ring (bicyclic) bond motifs is 1. The van der Waals surface area contributed by atoms with E-state index in [1.165, 1.54) is 7.11 Å². The van der Waals surface area contributed by atoms with E-state index in [0.29, 0.717) is 16.9 Å². The molecule has 0 radical (unpaired) electrons. The van der Waals surface area contributed by atoms with Crippen LogP contribution in [-0.4, -0.2) is 18.7 Å². The summed E-state index contributed by atoms with van der Waals surface area (Å²) in [6, 6.07) is 3.53. The van der Waals surface area contributed by atoms with Crippen LogP contribution in [0.4, 0.5) is 0 Å². The van der Waals surface area contributed by atoms with Crippen molar-refractivity contribution in [2.24, 2.45) is 0 Å². The number of ether oxygens (including phenoxy) is 1. The van der Waals surface area contributed by atoms with E-state index in [0.717, 1.165) is 5.56 Å². The van der Waals surface area contributed by atoms with E-state index in [1.54, 1.807) is 12.1 Å². The lowest BCUT2D eigenvalue weighted by Gasteiger charge is -2.06. The summed E-state index contributed by atoms with van der Waals surface area (Å²) in [5.41, 5.74) is 1.84. The zero-order valence-electron chi connectivity index (χ0n) is 8.09. The molecular formula is C11H10O3. The second kappa shape index (κ2) is 2.94. The van der Waals surface area contributed by atoms with Gasteiger partial charge in [0, 0.05) is 5.56 Å². The molecule has 0 aromatic heterocycles. The van der Waals surface area contributed by atoms with Crippen molar-refractivity contribution in [2.75, 3.05) is 7.11 Å². The van der Waals surface area contributed by atoms with Gasteiger partial charge in [0.15, 0.2) is 11.6 Å². The number of rotatable bonds is 1. The van der Waals surface area contributed by atoms with Crippen LogP contribution < -0.4 is 4.74 Å². The smallest absolute Gasteiger partial charge is 0.175 e. The minimum absolute atomic E-state index is 0.0173. The van der Waals surface area contributed by atoms with E-state index in [2.05, 4.69) is 0 Å². The number of aryl methyl sites for hydroxylation is 1. The number of carbonyl (C=O) groups is 2. The predicted octanol–water partition coefficient (Wildman–Crippen LogP) is 1.77. The Labute approximate surface area is 81.7 Å². The molecule has 0 saturated carbocycles. The quantitative estimate of drug-likeness (QED) is 0.634. The zero-order chi connectivity index (χ0) is 10.3. The van der Waals surface area contributed by atoms with E-state index in [4.69, 9.17) is 4.74 Å². The van der Waals surface area contributed by atoms with Gasteiger partial charge in [0.1, 0.15) is 5.75 Å². The molecule has 72 valence electrons. The van der Waals surface area contributed by atoms with Gasteiger partial charge in [0.2, 0.25) is 0 Å². The molecule has 3 nitrogen and oxygen atoms in total. The minimum Gasteiger partial charge on any atom is -0.496 e. The zero-order valence-corrected chi connectivity index (χ0v) is 8.09. The van der Waals surface area contributed by atoms with Crippen molar-refractivity contribution < 1.29 is 14.3 Å².